The van der Waals surface area contributed by atoms with Crippen LogP contribution < -0.4 is 16.0 Å². The third-order valence-electron chi connectivity index (χ3n) is 5.60. The summed E-state index contributed by atoms with van der Waals surface area (Å²) < 4.78 is 11.1. The zero-order valence-corrected chi connectivity index (χ0v) is 22.9. The van der Waals surface area contributed by atoms with Gasteiger partial charge in [-0.2, -0.15) is 0 Å². The molecule has 0 rings (SSSR count). The fourth-order valence-electron chi connectivity index (χ4n) is 3.55. The summed E-state index contributed by atoms with van der Waals surface area (Å²) in [5.74, 6) is -0.503. The molecule has 0 aliphatic rings. The Morgan fingerprint density at radius 3 is 1.89 bits per heavy atom. The molecule has 0 heterocycles. The maximum atomic E-state index is 13.0. The number of ether oxygens (including phenoxy) is 2. The highest BCUT2D eigenvalue weighted by Gasteiger charge is 2.32. The van der Waals surface area contributed by atoms with E-state index in [0.717, 1.165) is 0 Å². The molecule has 10 nitrogen and oxygen atoms in total. The number of hydrogen-bond acceptors (Lipinski definition) is 7. The molecule has 0 spiro atoms. The van der Waals surface area contributed by atoms with Crippen LogP contribution in [0.5, 0.6) is 0 Å². The van der Waals surface area contributed by atoms with Crippen LogP contribution in [0.1, 0.15) is 54.4 Å². The normalized spacial score (nSPS) is 13.3. The van der Waals surface area contributed by atoms with Gasteiger partial charge in [0, 0.05) is 38.9 Å². The highest BCUT2D eigenvalue weighted by atomic mass is 16.5. The van der Waals surface area contributed by atoms with Crippen molar-refractivity contribution in [1.29, 1.82) is 0 Å². The van der Waals surface area contributed by atoms with E-state index >= 15 is 0 Å². The van der Waals surface area contributed by atoms with E-state index in [9.17, 15) is 19.2 Å². The van der Waals surface area contributed by atoms with Gasteiger partial charge in [0.15, 0.2) is 5.78 Å². The van der Waals surface area contributed by atoms with Crippen molar-refractivity contribution in [3.63, 3.8) is 0 Å². The van der Waals surface area contributed by atoms with Crippen molar-refractivity contribution in [3.05, 3.63) is 0 Å². The van der Waals surface area contributed by atoms with Gasteiger partial charge in [0.05, 0.1) is 38.5 Å². The van der Waals surface area contributed by atoms with Gasteiger partial charge in [-0.15, -0.1) is 0 Å². The summed E-state index contributed by atoms with van der Waals surface area (Å²) in [6.07, 6.45) is 0.317. The van der Waals surface area contributed by atoms with E-state index in [1.54, 1.807) is 0 Å². The van der Waals surface area contributed by atoms with Gasteiger partial charge in [0.2, 0.25) is 17.7 Å². The Bertz CT molecular complexity index is 654. The molecule has 204 valence electrons. The maximum absolute atomic E-state index is 13.0. The van der Waals surface area contributed by atoms with E-state index < -0.39 is 6.04 Å². The van der Waals surface area contributed by atoms with Crippen molar-refractivity contribution in [2.24, 2.45) is 17.8 Å². The molecule has 0 fully saturated rings. The van der Waals surface area contributed by atoms with E-state index in [1.807, 2.05) is 53.5 Å². The monoisotopic (exact) mass is 500 g/mol. The van der Waals surface area contributed by atoms with E-state index in [0.29, 0.717) is 39.5 Å². The van der Waals surface area contributed by atoms with Crippen molar-refractivity contribution in [2.45, 2.75) is 66.5 Å². The molecule has 0 saturated heterocycles. The van der Waals surface area contributed by atoms with Crippen molar-refractivity contribution >= 4 is 23.5 Å². The smallest absolute Gasteiger partial charge is 0.238 e. The van der Waals surface area contributed by atoms with Crippen LogP contribution in [-0.4, -0.2) is 94.1 Å². The topological polar surface area (TPSA) is 126 Å². The molecule has 0 aromatic rings. The fraction of sp³-hybridized carbons (Fsp3) is 0.840. The number of Topliss-reactive ketones (excluding diaryl/α,β-unsaturated/α-hetero) is 1. The molecule has 0 aliphatic heterocycles. The van der Waals surface area contributed by atoms with Crippen molar-refractivity contribution in [2.75, 3.05) is 53.6 Å². The van der Waals surface area contributed by atoms with Gasteiger partial charge in [-0.05, 0) is 18.9 Å². The molecule has 0 bridgehead atoms. The highest BCUT2D eigenvalue weighted by molar-refractivity contribution is 5.92. The first-order chi connectivity index (χ1) is 16.4. The number of ketones is 1. The van der Waals surface area contributed by atoms with Gasteiger partial charge in [0.1, 0.15) is 0 Å². The second-order valence-electron chi connectivity index (χ2n) is 9.70. The van der Waals surface area contributed by atoms with Gasteiger partial charge in [-0.3, -0.25) is 24.1 Å². The molecule has 0 aliphatic carbocycles. The zero-order valence-electron chi connectivity index (χ0n) is 22.9. The van der Waals surface area contributed by atoms with Crippen LogP contribution in [0, 0.1) is 17.8 Å². The number of amides is 3. The van der Waals surface area contributed by atoms with Crippen molar-refractivity contribution in [3.8, 4) is 0 Å². The Balaban J connectivity index is 4.25. The van der Waals surface area contributed by atoms with Gasteiger partial charge >= 0.3 is 0 Å². The summed E-state index contributed by atoms with van der Waals surface area (Å²) >= 11 is 0. The third-order valence-corrected chi connectivity index (χ3v) is 5.60. The third kappa shape index (κ3) is 14.2. The van der Waals surface area contributed by atoms with E-state index in [-0.39, 0.29) is 60.1 Å². The number of carbonyl (C=O) groups excluding carboxylic acids is 4. The first kappa shape index (κ1) is 33.0. The van der Waals surface area contributed by atoms with Crippen LogP contribution in [0.2, 0.25) is 0 Å². The lowest BCUT2D eigenvalue weighted by Gasteiger charge is -2.32. The number of carbonyl (C=O) groups is 4. The Hall–Kier alpha value is -2.04. The number of likely N-dealkylation sites (N-methyl/N-ethyl adjacent to an activating group) is 1. The van der Waals surface area contributed by atoms with Gasteiger partial charge in [0.25, 0.3) is 0 Å². The first-order valence-electron chi connectivity index (χ1n) is 12.6. The standard InChI is InChI=1S/C25H48N4O6/c1-17(2)22(24(32)19(5)6)28-25(33)23(18(3)4)29(8)12-14-35-16-15-34-13-11-27-21(31)10-9-20(30)26-7/h17-19,22-23H,9-16H2,1-8H3,(H,26,30)(H,27,31)(H,28,33)/t22-,23-/m0/s1. The Labute approximate surface area is 211 Å². The van der Waals surface area contributed by atoms with Crippen LogP contribution in [0.3, 0.4) is 0 Å². The Kier molecular flexibility index (Phi) is 17.2. The minimum atomic E-state index is -0.494. The first-order valence-corrected chi connectivity index (χ1v) is 12.6. The lowest BCUT2D eigenvalue weighted by atomic mass is 9.92. The van der Waals surface area contributed by atoms with Gasteiger partial charge < -0.3 is 25.4 Å². The average Bonchev–Trinajstić information content (AvgIpc) is 2.78. The predicted molar refractivity (Wildman–Crippen MR) is 136 cm³/mol. The van der Waals surface area contributed by atoms with Gasteiger partial charge in [-0.1, -0.05) is 41.5 Å². The molecule has 0 saturated carbocycles. The van der Waals surface area contributed by atoms with Crippen molar-refractivity contribution < 1.29 is 28.7 Å². The second kappa shape index (κ2) is 18.3. The number of nitrogens with one attached hydrogen (secondary N) is 3. The maximum Gasteiger partial charge on any atom is 0.238 e. The second-order valence-corrected chi connectivity index (χ2v) is 9.70. The van der Waals surface area contributed by atoms with Crippen LogP contribution in [0.25, 0.3) is 0 Å². The molecule has 0 unspecified atom stereocenters. The molecule has 0 aromatic carbocycles. The molecule has 10 heteroatoms. The van der Waals surface area contributed by atoms with Crippen molar-refractivity contribution in [1.82, 2.24) is 20.9 Å². The largest absolute Gasteiger partial charge is 0.378 e. The molecule has 2 atom stereocenters. The highest BCUT2D eigenvalue weighted by Crippen LogP contribution is 2.13. The molecule has 0 radical (unpaired) electrons. The van der Waals surface area contributed by atoms with Crippen LogP contribution in [-0.2, 0) is 28.7 Å². The summed E-state index contributed by atoms with van der Waals surface area (Å²) in [5, 5.41) is 8.14. The molecular weight excluding hydrogens is 452 g/mol. The summed E-state index contributed by atoms with van der Waals surface area (Å²) in [5.41, 5.74) is 0. The summed E-state index contributed by atoms with van der Waals surface area (Å²) in [7, 11) is 3.42. The van der Waals surface area contributed by atoms with Gasteiger partial charge in [-0.25, -0.2) is 0 Å². The molecule has 3 N–H and O–H groups in total. The van der Waals surface area contributed by atoms with E-state index in [1.165, 1.54) is 7.05 Å². The SMILES string of the molecule is CNC(=O)CCC(=O)NCCOCCOCCN(C)[C@H](C(=O)N[C@H](C(=O)C(C)C)C(C)C)C(C)C. The minimum absolute atomic E-state index is 0.0196. The number of rotatable bonds is 19. The predicted octanol–water partition coefficient (Wildman–Crippen LogP) is 0.984. The average molecular weight is 501 g/mol. The molecular formula is C25H48N4O6. The van der Waals surface area contributed by atoms with E-state index in [2.05, 4.69) is 16.0 Å². The summed E-state index contributed by atoms with van der Waals surface area (Å²) in [6.45, 7) is 14.1. The molecule has 3 amide bonds. The van der Waals surface area contributed by atoms with E-state index in [4.69, 9.17) is 9.47 Å². The summed E-state index contributed by atoms with van der Waals surface area (Å²) in [6, 6.07) is -0.866. The minimum Gasteiger partial charge on any atom is -0.378 e. The van der Waals surface area contributed by atoms with Crippen LogP contribution in [0.4, 0.5) is 0 Å². The quantitative estimate of drug-likeness (QED) is 0.226. The van der Waals surface area contributed by atoms with Crippen LogP contribution >= 0.6 is 0 Å². The summed E-state index contributed by atoms with van der Waals surface area (Å²) in [4.78, 5) is 50.2. The molecule has 0 aromatic heterocycles. The number of nitrogens with zero attached hydrogens (tertiary/aromatic N) is 1. The Morgan fingerprint density at radius 1 is 0.800 bits per heavy atom. The zero-order chi connectivity index (χ0) is 27.0. The lowest BCUT2D eigenvalue weighted by molar-refractivity contribution is -0.134. The number of hydrogen-bond donors (Lipinski definition) is 3. The van der Waals surface area contributed by atoms with Crippen LogP contribution in [0.15, 0.2) is 0 Å². The Morgan fingerprint density at radius 2 is 1.37 bits per heavy atom. The fourth-order valence-corrected chi connectivity index (χ4v) is 3.55. The lowest BCUT2D eigenvalue weighted by Crippen LogP contribution is -2.55. The molecule has 35 heavy (non-hydrogen) atoms.